The number of piperidine rings is 1. The summed E-state index contributed by atoms with van der Waals surface area (Å²) in [4.78, 5) is 3.54. The lowest BCUT2D eigenvalue weighted by Crippen LogP contribution is -2.38. The Morgan fingerprint density at radius 2 is 2.11 bits per heavy atom. The molecule has 2 nitrogen and oxygen atoms in total. The highest BCUT2D eigenvalue weighted by atomic mass is 32.2. The summed E-state index contributed by atoms with van der Waals surface area (Å²) in [5.41, 5.74) is 0. The lowest BCUT2D eigenvalue weighted by atomic mass is 9.99. The molecule has 0 aliphatic carbocycles. The van der Waals surface area contributed by atoms with Crippen molar-refractivity contribution in [2.75, 3.05) is 32.0 Å². The summed E-state index contributed by atoms with van der Waals surface area (Å²) < 4.78 is 12.7. The highest BCUT2D eigenvalue weighted by molar-refractivity contribution is 7.99. The molecule has 1 aromatic rings. The number of halogens is 1. The van der Waals surface area contributed by atoms with E-state index in [0.717, 1.165) is 36.7 Å². The van der Waals surface area contributed by atoms with E-state index in [-0.39, 0.29) is 5.82 Å². The van der Waals surface area contributed by atoms with Gasteiger partial charge in [-0.3, -0.25) is 0 Å². The minimum absolute atomic E-state index is 0.179. The molecule has 0 saturated carbocycles. The Hall–Kier alpha value is -0.580. The number of likely N-dealkylation sites (tertiary alicyclic amines) is 1. The lowest BCUT2D eigenvalue weighted by molar-refractivity contribution is 0.125. The third-order valence-electron chi connectivity index (χ3n) is 3.35. The molecule has 0 radical (unpaired) electrons. The van der Waals surface area contributed by atoms with Gasteiger partial charge in [0.1, 0.15) is 5.82 Å². The topological polar surface area (TPSA) is 23.5 Å². The fourth-order valence-electron chi connectivity index (χ4n) is 2.33. The molecule has 100 valence electrons. The van der Waals surface area contributed by atoms with Gasteiger partial charge in [-0.25, -0.2) is 4.39 Å². The van der Waals surface area contributed by atoms with Crippen LogP contribution in [0.15, 0.2) is 29.2 Å². The van der Waals surface area contributed by atoms with Gasteiger partial charge >= 0.3 is 0 Å². The molecule has 1 N–H and O–H groups in total. The molecular weight excluding hydrogens is 249 g/mol. The summed E-state index contributed by atoms with van der Waals surface area (Å²) in [7, 11) is 0. The van der Waals surface area contributed by atoms with E-state index in [1.165, 1.54) is 18.6 Å². The minimum atomic E-state index is -0.179. The van der Waals surface area contributed by atoms with E-state index in [0.29, 0.717) is 12.5 Å². The first kappa shape index (κ1) is 13.8. The van der Waals surface area contributed by atoms with Crippen molar-refractivity contribution in [1.82, 2.24) is 4.90 Å². The molecule has 0 spiro atoms. The zero-order valence-corrected chi connectivity index (χ0v) is 11.3. The monoisotopic (exact) mass is 269 g/mol. The standard InChI is InChI=1S/C14H20FNOS/c15-13-3-5-14(6-4-13)18-9-8-16-7-1-2-12(10-16)11-17/h3-6,12,17H,1-2,7-11H2. The maximum atomic E-state index is 12.7. The van der Waals surface area contributed by atoms with Crippen LogP contribution in [0.2, 0.25) is 0 Å². The van der Waals surface area contributed by atoms with Gasteiger partial charge in [-0.15, -0.1) is 11.8 Å². The molecule has 1 fully saturated rings. The summed E-state index contributed by atoms with van der Waals surface area (Å²) in [6.07, 6.45) is 2.34. The maximum Gasteiger partial charge on any atom is 0.123 e. The van der Waals surface area contributed by atoms with Crippen LogP contribution in [0.5, 0.6) is 0 Å². The number of aliphatic hydroxyl groups excluding tert-OH is 1. The highest BCUT2D eigenvalue weighted by Crippen LogP contribution is 2.20. The van der Waals surface area contributed by atoms with Gasteiger partial charge in [-0.1, -0.05) is 0 Å². The average Bonchev–Trinajstić information content (AvgIpc) is 2.41. The predicted octanol–water partition coefficient (Wildman–Crippen LogP) is 2.62. The fraction of sp³-hybridized carbons (Fsp3) is 0.571. The van der Waals surface area contributed by atoms with Gasteiger partial charge in [-0.2, -0.15) is 0 Å². The van der Waals surface area contributed by atoms with Gasteiger partial charge in [0.2, 0.25) is 0 Å². The van der Waals surface area contributed by atoms with E-state index in [1.54, 1.807) is 11.8 Å². The second kappa shape index (κ2) is 7.12. The summed E-state index contributed by atoms with van der Waals surface area (Å²) in [6.45, 7) is 3.50. The van der Waals surface area contributed by atoms with Crippen molar-refractivity contribution < 1.29 is 9.50 Å². The van der Waals surface area contributed by atoms with Gasteiger partial charge in [0.05, 0.1) is 0 Å². The molecule has 1 aliphatic rings. The van der Waals surface area contributed by atoms with Gasteiger partial charge in [0.15, 0.2) is 0 Å². The highest BCUT2D eigenvalue weighted by Gasteiger charge is 2.18. The van der Waals surface area contributed by atoms with Crippen molar-refractivity contribution in [2.24, 2.45) is 5.92 Å². The molecule has 0 amide bonds. The number of thioether (sulfide) groups is 1. The Kier molecular flexibility index (Phi) is 5.47. The van der Waals surface area contributed by atoms with Crippen LogP contribution in [0.25, 0.3) is 0 Å². The molecule has 1 aliphatic heterocycles. The van der Waals surface area contributed by atoms with Crippen molar-refractivity contribution in [2.45, 2.75) is 17.7 Å². The Balaban J connectivity index is 1.70. The van der Waals surface area contributed by atoms with Gasteiger partial charge < -0.3 is 10.0 Å². The normalized spacial score (nSPS) is 21.1. The summed E-state index contributed by atoms with van der Waals surface area (Å²) in [5, 5.41) is 9.17. The maximum absolute atomic E-state index is 12.7. The number of aliphatic hydroxyl groups is 1. The second-order valence-electron chi connectivity index (χ2n) is 4.79. The number of hydrogen-bond acceptors (Lipinski definition) is 3. The van der Waals surface area contributed by atoms with E-state index in [4.69, 9.17) is 0 Å². The largest absolute Gasteiger partial charge is 0.396 e. The molecular formula is C14H20FNOS. The van der Waals surface area contributed by atoms with Crippen molar-refractivity contribution >= 4 is 11.8 Å². The van der Waals surface area contributed by atoms with Gasteiger partial charge in [-0.05, 0) is 49.6 Å². The van der Waals surface area contributed by atoms with Crippen LogP contribution in [0, 0.1) is 11.7 Å². The number of rotatable bonds is 5. The first-order chi connectivity index (χ1) is 8.78. The van der Waals surface area contributed by atoms with E-state index >= 15 is 0 Å². The van der Waals surface area contributed by atoms with Crippen molar-refractivity contribution in [1.29, 1.82) is 0 Å². The van der Waals surface area contributed by atoms with Crippen LogP contribution in [0.3, 0.4) is 0 Å². The summed E-state index contributed by atoms with van der Waals surface area (Å²) in [6, 6.07) is 6.66. The van der Waals surface area contributed by atoms with E-state index in [9.17, 15) is 9.50 Å². The third-order valence-corrected chi connectivity index (χ3v) is 4.34. The zero-order valence-electron chi connectivity index (χ0n) is 10.5. The van der Waals surface area contributed by atoms with Crippen molar-refractivity contribution in [3.8, 4) is 0 Å². The Labute approximate surface area is 112 Å². The molecule has 18 heavy (non-hydrogen) atoms. The summed E-state index contributed by atoms with van der Waals surface area (Å²) in [5.74, 6) is 1.29. The number of nitrogens with zero attached hydrogens (tertiary/aromatic N) is 1. The van der Waals surface area contributed by atoms with Gasteiger partial charge in [0, 0.05) is 30.3 Å². The van der Waals surface area contributed by atoms with Crippen LogP contribution in [0.4, 0.5) is 4.39 Å². The van der Waals surface area contributed by atoms with E-state index < -0.39 is 0 Å². The average molecular weight is 269 g/mol. The first-order valence-corrected chi connectivity index (χ1v) is 7.48. The zero-order chi connectivity index (χ0) is 12.8. The molecule has 1 saturated heterocycles. The SMILES string of the molecule is OCC1CCCN(CCSc2ccc(F)cc2)C1. The van der Waals surface area contributed by atoms with Crippen molar-refractivity contribution in [3.63, 3.8) is 0 Å². The molecule has 2 rings (SSSR count). The molecule has 1 heterocycles. The van der Waals surface area contributed by atoms with Gasteiger partial charge in [0.25, 0.3) is 0 Å². The van der Waals surface area contributed by atoms with Crippen LogP contribution >= 0.6 is 11.8 Å². The third kappa shape index (κ3) is 4.26. The minimum Gasteiger partial charge on any atom is -0.396 e. The Morgan fingerprint density at radius 1 is 1.33 bits per heavy atom. The molecule has 0 aromatic heterocycles. The van der Waals surface area contributed by atoms with E-state index in [2.05, 4.69) is 4.90 Å². The van der Waals surface area contributed by atoms with Crippen LogP contribution in [-0.4, -0.2) is 42.0 Å². The van der Waals surface area contributed by atoms with Crippen LogP contribution in [0.1, 0.15) is 12.8 Å². The van der Waals surface area contributed by atoms with Crippen LogP contribution < -0.4 is 0 Å². The smallest absolute Gasteiger partial charge is 0.123 e. The molecule has 0 bridgehead atoms. The van der Waals surface area contributed by atoms with Crippen molar-refractivity contribution in [3.05, 3.63) is 30.1 Å². The molecule has 1 atom stereocenters. The Bertz CT molecular complexity index is 357. The molecule has 4 heteroatoms. The quantitative estimate of drug-likeness (QED) is 0.831. The number of hydrogen-bond donors (Lipinski definition) is 1. The molecule has 1 aromatic carbocycles. The predicted molar refractivity (Wildman–Crippen MR) is 73.4 cm³/mol. The van der Waals surface area contributed by atoms with E-state index in [1.807, 2.05) is 12.1 Å². The first-order valence-electron chi connectivity index (χ1n) is 6.49. The second-order valence-corrected chi connectivity index (χ2v) is 5.96. The Morgan fingerprint density at radius 3 is 2.83 bits per heavy atom. The summed E-state index contributed by atoms with van der Waals surface area (Å²) >= 11 is 1.76. The fourth-order valence-corrected chi connectivity index (χ4v) is 3.24. The van der Waals surface area contributed by atoms with Crippen LogP contribution in [-0.2, 0) is 0 Å². The number of benzene rings is 1. The molecule has 1 unspecified atom stereocenters. The lowest BCUT2D eigenvalue weighted by Gasteiger charge is -2.31.